The van der Waals surface area contributed by atoms with Crippen molar-refractivity contribution in [1.29, 1.82) is 0 Å². The molecular formula is C21H24N4O5. The van der Waals surface area contributed by atoms with Crippen molar-refractivity contribution >= 4 is 34.6 Å². The van der Waals surface area contributed by atoms with Gasteiger partial charge < -0.3 is 20.3 Å². The maximum atomic E-state index is 13.2. The zero-order valence-corrected chi connectivity index (χ0v) is 16.9. The van der Waals surface area contributed by atoms with E-state index in [9.17, 15) is 19.7 Å². The van der Waals surface area contributed by atoms with Gasteiger partial charge in [0.1, 0.15) is 5.75 Å². The Labute approximate surface area is 174 Å². The lowest BCUT2D eigenvalue weighted by Crippen LogP contribution is -2.31. The molecule has 0 atom stereocenters. The minimum Gasteiger partial charge on any atom is -0.495 e. The largest absolute Gasteiger partial charge is 0.495 e. The third-order valence-corrected chi connectivity index (χ3v) is 4.90. The molecule has 1 fully saturated rings. The molecule has 9 heteroatoms. The number of anilines is 3. The van der Waals surface area contributed by atoms with Crippen molar-refractivity contribution in [1.82, 2.24) is 0 Å². The standard InChI is InChI=1S/C21H24N4O5/c1-14(26)22-15-6-9-20(30-2)18(12-15)23-21(27)17-13-16(25(28)29)7-8-19(17)24-10-4-3-5-11-24/h6-9,12-13H,3-5,10-11H2,1-2H3,(H,22,26)(H,23,27). The second-order valence-corrected chi connectivity index (χ2v) is 7.06. The van der Waals surface area contributed by atoms with Gasteiger partial charge >= 0.3 is 0 Å². The first-order valence-electron chi connectivity index (χ1n) is 9.69. The number of carbonyl (C=O) groups is 2. The third-order valence-electron chi connectivity index (χ3n) is 4.90. The third kappa shape index (κ3) is 4.86. The SMILES string of the molecule is COc1ccc(NC(C)=O)cc1NC(=O)c1cc([N+](=O)[O-])ccc1N1CCCCC1. The van der Waals surface area contributed by atoms with Gasteiger partial charge in [0, 0.05) is 37.8 Å². The Balaban J connectivity index is 1.96. The summed E-state index contributed by atoms with van der Waals surface area (Å²) < 4.78 is 5.30. The maximum absolute atomic E-state index is 13.2. The van der Waals surface area contributed by atoms with Crippen LogP contribution < -0.4 is 20.3 Å². The number of non-ortho nitro benzene ring substituents is 1. The number of carbonyl (C=O) groups excluding carboxylic acids is 2. The highest BCUT2D eigenvalue weighted by Crippen LogP contribution is 2.32. The predicted octanol–water partition coefficient (Wildman–Crippen LogP) is 3.80. The average molecular weight is 412 g/mol. The predicted molar refractivity (Wildman–Crippen MR) is 114 cm³/mol. The van der Waals surface area contributed by atoms with Crippen LogP contribution in [0.15, 0.2) is 36.4 Å². The second kappa shape index (κ2) is 9.25. The van der Waals surface area contributed by atoms with E-state index in [0.717, 1.165) is 32.4 Å². The summed E-state index contributed by atoms with van der Waals surface area (Å²) in [5.41, 5.74) is 1.58. The van der Waals surface area contributed by atoms with Crippen molar-refractivity contribution in [2.24, 2.45) is 0 Å². The topological polar surface area (TPSA) is 114 Å². The maximum Gasteiger partial charge on any atom is 0.270 e. The first kappa shape index (κ1) is 21.1. The lowest BCUT2D eigenvalue weighted by atomic mass is 10.1. The molecule has 158 valence electrons. The number of nitrogens with zero attached hydrogens (tertiary/aromatic N) is 2. The van der Waals surface area contributed by atoms with E-state index in [0.29, 0.717) is 22.8 Å². The summed E-state index contributed by atoms with van der Waals surface area (Å²) in [6.07, 6.45) is 3.13. The minimum atomic E-state index is -0.519. The van der Waals surface area contributed by atoms with Crippen LogP contribution in [0.3, 0.4) is 0 Å². The van der Waals surface area contributed by atoms with Crippen LogP contribution in [0.5, 0.6) is 5.75 Å². The molecule has 0 spiro atoms. The highest BCUT2D eigenvalue weighted by atomic mass is 16.6. The molecule has 2 amide bonds. The van der Waals surface area contributed by atoms with Crippen LogP contribution in [0, 0.1) is 10.1 Å². The molecule has 0 saturated carbocycles. The van der Waals surface area contributed by atoms with Crippen molar-refractivity contribution in [3.8, 4) is 5.75 Å². The molecular weight excluding hydrogens is 388 g/mol. The van der Waals surface area contributed by atoms with Crippen LogP contribution in [-0.4, -0.2) is 36.9 Å². The van der Waals surface area contributed by atoms with E-state index < -0.39 is 10.8 Å². The number of ether oxygens (including phenoxy) is 1. The van der Waals surface area contributed by atoms with E-state index in [1.807, 2.05) is 0 Å². The Morgan fingerprint density at radius 1 is 1.07 bits per heavy atom. The van der Waals surface area contributed by atoms with Gasteiger partial charge in [0.15, 0.2) is 0 Å². The molecule has 2 aromatic carbocycles. The highest BCUT2D eigenvalue weighted by molar-refractivity contribution is 6.09. The van der Waals surface area contributed by atoms with Crippen LogP contribution in [-0.2, 0) is 4.79 Å². The number of hydrogen-bond donors (Lipinski definition) is 2. The molecule has 0 aromatic heterocycles. The van der Waals surface area contributed by atoms with Gasteiger partial charge in [0.25, 0.3) is 11.6 Å². The summed E-state index contributed by atoms with van der Waals surface area (Å²) in [5.74, 6) is -0.330. The molecule has 9 nitrogen and oxygen atoms in total. The molecule has 3 rings (SSSR count). The number of nitrogens with one attached hydrogen (secondary N) is 2. The van der Waals surface area contributed by atoms with E-state index in [1.54, 1.807) is 24.3 Å². The quantitative estimate of drug-likeness (QED) is 0.551. The monoisotopic (exact) mass is 412 g/mol. The van der Waals surface area contributed by atoms with Gasteiger partial charge in [-0.3, -0.25) is 19.7 Å². The Bertz CT molecular complexity index is 970. The summed E-state index contributed by atoms with van der Waals surface area (Å²) in [5, 5.41) is 16.7. The fourth-order valence-corrected chi connectivity index (χ4v) is 3.51. The molecule has 1 aliphatic rings. The zero-order valence-electron chi connectivity index (χ0n) is 16.9. The van der Waals surface area contributed by atoms with Crippen LogP contribution in [0.4, 0.5) is 22.7 Å². The molecule has 1 heterocycles. The fraction of sp³-hybridized carbons (Fsp3) is 0.333. The first-order chi connectivity index (χ1) is 14.4. The van der Waals surface area contributed by atoms with Gasteiger partial charge in [-0.2, -0.15) is 0 Å². The normalized spacial score (nSPS) is 13.5. The zero-order chi connectivity index (χ0) is 21.7. The van der Waals surface area contributed by atoms with Crippen molar-refractivity contribution in [2.45, 2.75) is 26.2 Å². The lowest BCUT2D eigenvalue weighted by Gasteiger charge is -2.30. The van der Waals surface area contributed by atoms with Crippen LogP contribution in [0.2, 0.25) is 0 Å². The van der Waals surface area contributed by atoms with Crippen molar-refractivity contribution in [3.63, 3.8) is 0 Å². The van der Waals surface area contributed by atoms with Gasteiger partial charge in [-0.1, -0.05) is 0 Å². The molecule has 0 radical (unpaired) electrons. The highest BCUT2D eigenvalue weighted by Gasteiger charge is 2.23. The number of nitro groups is 1. The lowest BCUT2D eigenvalue weighted by molar-refractivity contribution is -0.384. The Morgan fingerprint density at radius 2 is 1.80 bits per heavy atom. The van der Waals surface area contributed by atoms with Crippen molar-refractivity contribution < 1.29 is 19.2 Å². The molecule has 0 bridgehead atoms. The summed E-state index contributed by atoms with van der Waals surface area (Å²) >= 11 is 0. The number of benzene rings is 2. The van der Waals surface area contributed by atoms with Gasteiger partial charge in [-0.05, 0) is 43.5 Å². The molecule has 30 heavy (non-hydrogen) atoms. The summed E-state index contributed by atoms with van der Waals surface area (Å²) in [6.45, 7) is 2.97. The molecule has 2 N–H and O–H groups in total. The summed E-state index contributed by atoms with van der Waals surface area (Å²) in [6, 6.07) is 9.20. The van der Waals surface area contributed by atoms with Gasteiger partial charge in [0.2, 0.25) is 5.91 Å². The molecule has 1 saturated heterocycles. The Hall–Kier alpha value is -3.62. The van der Waals surface area contributed by atoms with Crippen LogP contribution >= 0.6 is 0 Å². The van der Waals surface area contributed by atoms with Crippen LogP contribution in [0.1, 0.15) is 36.5 Å². The number of amides is 2. The summed E-state index contributed by atoms with van der Waals surface area (Å²) in [7, 11) is 1.47. The van der Waals surface area contributed by atoms with Gasteiger partial charge in [0.05, 0.1) is 29.0 Å². The molecule has 0 aliphatic carbocycles. The van der Waals surface area contributed by atoms with E-state index >= 15 is 0 Å². The number of rotatable bonds is 6. The number of nitro benzene ring substituents is 1. The molecule has 0 unspecified atom stereocenters. The van der Waals surface area contributed by atoms with Crippen molar-refractivity contribution in [3.05, 3.63) is 52.1 Å². The Morgan fingerprint density at radius 3 is 2.43 bits per heavy atom. The minimum absolute atomic E-state index is 0.153. The first-order valence-corrected chi connectivity index (χ1v) is 9.69. The smallest absolute Gasteiger partial charge is 0.270 e. The fourth-order valence-electron chi connectivity index (χ4n) is 3.51. The number of hydrogen-bond acceptors (Lipinski definition) is 6. The van der Waals surface area contributed by atoms with E-state index in [4.69, 9.17) is 4.74 Å². The van der Waals surface area contributed by atoms with E-state index in [2.05, 4.69) is 15.5 Å². The van der Waals surface area contributed by atoms with Gasteiger partial charge in [-0.15, -0.1) is 0 Å². The van der Waals surface area contributed by atoms with Crippen LogP contribution in [0.25, 0.3) is 0 Å². The van der Waals surface area contributed by atoms with E-state index in [1.165, 1.54) is 26.2 Å². The second-order valence-electron chi connectivity index (χ2n) is 7.06. The number of piperidine rings is 1. The Kier molecular flexibility index (Phi) is 6.51. The summed E-state index contributed by atoms with van der Waals surface area (Å²) in [4.78, 5) is 37.3. The molecule has 1 aliphatic heterocycles. The van der Waals surface area contributed by atoms with Gasteiger partial charge in [-0.25, -0.2) is 0 Å². The van der Waals surface area contributed by atoms with Crippen molar-refractivity contribution in [2.75, 3.05) is 35.7 Å². The molecule has 2 aromatic rings. The average Bonchev–Trinajstić information content (AvgIpc) is 2.73. The number of methoxy groups -OCH3 is 1. The van der Waals surface area contributed by atoms with E-state index in [-0.39, 0.29) is 17.2 Å².